The van der Waals surface area contributed by atoms with Gasteiger partial charge in [0.1, 0.15) is 5.54 Å². The summed E-state index contributed by atoms with van der Waals surface area (Å²) in [5.41, 5.74) is 8.76. The summed E-state index contributed by atoms with van der Waals surface area (Å²) >= 11 is 0.378. The van der Waals surface area contributed by atoms with Gasteiger partial charge in [-0.25, -0.2) is 0 Å². The Morgan fingerprint density at radius 3 is 1.80 bits per heavy atom. The summed E-state index contributed by atoms with van der Waals surface area (Å²) in [5, 5.41) is 34.9. The van der Waals surface area contributed by atoms with Crippen molar-refractivity contribution >= 4 is 40.8 Å². The number of carboxylic acid groups (broad SMARTS) is 4. The molecule has 0 aromatic carbocycles. The van der Waals surface area contributed by atoms with Gasteiger partial charge in [-0.3, -0.25) is 24.0 Å². The van der Waals surface area contributed by atoms with Gasteiger partial charge in [-0.05, 0) is 12.8 Å². The molecule has 0 spiro atoms. The Kier molecular flexibility index (Phi) is 9.09. The second-order valence-corrected chi connectivity index (χ2v) is 6.30. The van der Waals surface area contributed by atoms with E-state index in [1.54, 1.807) is 0 Å². The maximum absolute atomic E-state index is 11.8. The van der Waals surface area contributed by atoms with Gasteiger partial charge in [0.05, 0.1) is 12.0 Å². The molecule has 0 heterocycles. The van der Waals surface area contributed by atoms with Crippen molar-refractivity contribution in [2.24, 2.45) is 17.4 Å². The number of carbonyl (C=O) groups excluding carboxylic acids is 1. The first-order valence-corrected chi connectivity index (χ1v) is 8.01. The van der Waals surface area contributed by atoms with Crippen LogP contribution in [0.4, 0.5) is 0 Å². The van der Waals surface area contributed by atoms with Crippen LogP contribution in [0.2, 0.25) is 0 Å². The van der Waals surface area contributed by atoms with E-state index in [4.69, 9.17) is 26.8 Å². The highest BCUT2D eigenvalue weighted by atomic mass is 32.2. The van der Waals surface area contributed by atoms with Gasteiger partial charge in [0.25, 0.3) is 0 Å². The Labute approximate surface area is 146 Å². The van der Waals surface area contributed by atoms with E-state index in [-0.39, 0.29) is 12.8 Å². The number of carbonyl (C=O) groups is 5. The first kappa shape index (κ1) is 22.8. The van der Waals surface area contributed by atoms with Crippen LogP contribution in [0.5, 0.6) is 0 Å². The third kappa shape index (κ3) is 7.49. The van der Waals surface area contributed by atoms with Gasteiger partial charge in [-0.2, -0.15) is 0 Å². The highest BCUT2D eigenvalue weighted by molar-refractivity contribution is 8.13. The molecular formula is C13H20N2O9S. The number of thioether (sulfide) groups is 1. The highest BCUT2D eigenvalue weighted by Gasteiger charge is 2.47. The zero-order valence-corrected chi connectivity index (χ0v) is 13.9. The van der Waals surface area contributed by atoms with Gasteiger partial charge in [0.2, 0.25) is 5.12 Å². The molecule has 12 heteroatoms. The molecule has 0 fully saturated rings. The van der Waals surface area contributed by atoms with Crippen LogP contribution in [0, 0.1) is 5.92 Å². The molecule has 0 aromatic heterocycles. The van der Waals surface area contributed by atoms with Crippen molar-refractivity contribution in [3.8, 4) is 0 Å². The Hall–Kier alpha value is -2.18. The zero-order valence-electron chi connectivity index (χ0n) is 13.1. The summed E-state index contributed by atoms with van der Waals surface area (Å²) in [6.45, 7) is 0. The Morgan fingerprint density at radius 1 is 0.920 bits per heavy atom. The van der Waals surface area contributed by atoms with Gasteiger partial charge in [0.15, 0.2) is 0 Å². The van der Waals surface area contributed by atoms with Crippen molar-refractivity contribution in [3.63, 3.8) is 0 Å². The first-order valence-electron chi connectivity index (χ1n) is 7.02. The lowest BCUT2D eigenvalue weighted by atomic mass is 9.83. The second-order valence-electron chi connectivity index (χ2n) is 5.32. The molecule has 8 N–H and O–H groups in total. The predicted molar refractivity (Wildman–Crippen MR) is 84.9 cm³/mol. The standard InChI is InChI=1S/C13H20N2O9S/c14-7(2-4-9(18)19)11(22)25-5-13(15,12(23)24)6(10(20)21)1-3-8(16)17/h6-7H,1-5,14-15H2,(H,16,17)(H,18,19)(H,20,21)(H,23,24)/t6?,7-,13+/m0/s1. The van der Waals surface area contributed by atoms with E-state index in [1.165, 1.54) is 0 Å². The van der Waals surface area contributed by atoms with E-state index < -0.39 is 65.1 Å². The monoisotopic (exact) mass is 380 g/mol. The van der Waals surface area contributed by atoms with E-state index in [1.807, 2.05) is 0 Å². The molecule has 0 aliphatic heterocycles. The SMILES string of the molecule is N[C@@H](CCC(=O)O)C(=O)SC[C@](N)(C(=O)O)C(CCC(=O)O)C(=O)O. The molecule has 142 valence electrons. The van der Waals surface area contributed by atoms with Crippen molar-refractivity contribution in [1.29, 1.82) is 0 Å². The number of rotatable bonds is 12. The smallest absolute Gasteiger partial charge is 0.325 e. The molecular weight excluding hydrogens is 360 g/mol. The Balaban J connectivity index is 5.08. The summed E-state index contributed by atoms with van der Waals surface area (Å²) in [6, 6.07) is -1.18. The third-order valence-corrected chi connectivity index (χ3v) is 4.60. The van der Waals surface area contributed by atoms with Crippen LogP contribution < -0.4 is 11.5 Å². The molecule has 0 saturated carbocycles. The molecule has 3 atom stereocenters. The van der Waals surface area contributed by atoms with Gasteiger partial charge < -0.3 is 31.9 Å². The lowest BCUT2D eigenvalue weighted by Gasteiger charge is -2.30. The van der Waals surface area contributed by atoms with Crippen molar-refractivity contribution in [1.82, 2.24) is 0 Å². The summed E-state index contributed by atoms with van der Waals surface area (Å²) in [4.78, 5) is 55.6. The van der Waals surface area contributed by atoms with E-state index in [0.29, 0.717) is 11.8 Å². The highest BCUT2D eigenvalue weighted by Crippen LogP contribution is 2.26. The minimum atomic E-state index is -2.39. The average molecular weight is 380 g/mol. The molecule has 0 amide bonds. The molecule has 0 bridgehead atoms. The zero-order chi connectivity index (χ0) is 19.8. The van der Waals surface area contributed by atoms with Crippen LogP contribution >= 0.6 is 11.8 Å². The number of nitrogens with two attached hydrogens (primary N) is 2. The molecule has 1 unspecified atom stereocenters. The van der Waals surface area contributed by atoms with Crippen LogP contribution in [-0.4, -0.2) is 66.8 Å². The van der Waals surface area contributed by atoms with Crippen molar-refractivity contribution in [2.75, 3.05) is 5.75 Å². The summed E-state index contributed by atoms with van der Waals surface area (Å²) in [5.74, 6) is -8.18. The summed E-state index contributed by atoms with van der Waals surface area (Å²) in [7, 11) is 0. The van der Waals surface area contributed by atoms with Crippen molar-refractivity contribution in [2.45, 2.75) is 37.3 Å². The number of hydrogen-bond donors (Lipinski definition) is 6. The Morgan fingerprint density at radius 2 is 1.40 bits per heavy atom. The minimum absolute atomic E-state index is 0.173. The summed E-state index contributed by atoms with van der Waals surface area (Å²) in [6.07, 6.45) is -1.68. The maximum atomic E-state index is 11.8. The third-order valence-electron chi connectivity index (χ3n) is 3.39. The normalized spacial score (nSPS) is 15.6. The largest absolute Gasteiger partial charge is 0.481 e. The van der Waals surface area contributed by atoms with Gasteiger partial charge >= 0.3 is 23.9 Å². The predicted octanol–water partition coefficient (Wildman–Crippen LogP) is -1.21. The molecule has 0 aliphatic rings. The van der Waals surface area contributed by atoms with Crippen LogP contribution in [0.3, 0.4) is 0 Å². The molecule has 0 radical (unpaired) electrons. The average Bonchev–Trinajstić information content (AvgIpc) is 2.49. The fourth-order valence-corrected chi connectivity index (χ4v) is 2.91. The van der Waals surface area contributed by atoms with Crippen molar-refractivity contribution in [3.05, 3.63) is 0 Å². The molecule has 0 aliphatic carbocycles. The van der Waals surface area contributed by atoms with Crippen LogP contribution in [-0.2, 0) is 24.0 Å². The topological polar surface area (TPSA) is 218 Å². The molecule has 0 aromatic rings. The maximum Gasteiger partial charge on any atom is 0.325 e. The fourth-order valence-electron chi connectivity index (χ4n) is 1.87. The first-order chi connectivity index (χ1) is 11.4. The number of carboxylic acids is 4. The summed E-state index contributed by atoms with van der Waals surface area (Å²) < 4.78 is 0. The Bertz CT molecular complexity index is 554. The number of aliphatic carboxylic acids is 4. The van der Waals surface area contributed by atoms with Crippen LogP contribution in [0.1, 0.15) is 25.7 Å². The quantitative estimate of drug-likeness (QED) is 0.235. The second kappa shape index (κ2) is 9.96. The van der Waals surface area contributed by atoms with Crippen molar-refractivity contribution < 1.29 is 44.4 Å². The van der Waals surface area contributed by atoms with Gasteiger partial charge in [-0.15, -0.1) is 0 Å². The lowest BCUT2D eigenvalue weighted by Crippen LogP contribution is -2.59. The fraction of sp³-hybridized carbons (Fsp3) is 0.615. The molecule has 11 nitrogen and oxygen atoms in total. The van der Waals surface area contributed by atoms with Crippen LogP contribution in [0.15, 0.2) is 0 Å². The lowest BCUT2D eigenvalue weighted by molar-refractivity contribution is -0.155. The van der Waals surface area contributed by atoms with E-state index in [2.05, 4.69) is 0 Å². The number of hydrogen-bond acceptors (Lipinski definition) is 8. The van der Waals surface area contributed by atoms with Gasteiger partial charge in [-0.1, -0.05) is 11.8 Å². The molecule has 25 heavy (non-hydrogen) atoms. The van der Waals surface area contributed by atoms with E-state index in [0.717, 1.165) is 0 Å². The van der Waals surface area contributed by atoms with Crippen LogP contribution in [0.25, 0.3) is 0 Å². The van der Waals surface area contributed by atoms with E-state index >= 15 is 0 Å². The minimum Gasteiger partial charge on any atom is -0.481 e. The van der Waals surface area contributed by atoms with Gasteiger partial charge in [0, 0.05) is 18.6 Å². The van der Waals surface area contributed by atoms with E-state index in [9.17, 15) is 29.1 Å². The molecule has 0 saturated heterocycles. The molecule has 0 rings (SSSR count).